The molecule has 0 fully saturated rings. The van der Waals surface area contributed by atoms with Crippen molar-refractivity contribution >= 4 is 10.8 Å². The fraction of sp³-hybridized carbons (Fsp3) is 0.375. The van der Waals surface area contributed by atoms with Crippen LogP contribution in [0.4, 0.5) is 13.2 Å². The van der Waals surface area contributed by atoms with Crippen molar-refractivity contribution in [2.24, 2.45) is 11.7 Å². The van der Waals surface area contributed by atoms with Gasteiger partial charge in [0.15, 0.2) is 0 Å². The summed E-state index contributed by atoms with van der Waals surface area (Å²) in [5, 5.41) is 1.73. The Labute approximate surface area is 116 Å². The average Bonchev–Trinajstić information content (AvgIpc) is 2.35. The number of rotatable bonds is 3. The zero-order valence-electron chi connectivity index (χ0n) is 11.5. The Balaban J connectivity index is 2.59. The van der Waals surface area contributed by atoms with Crippen molar-refractivity contribution in [3.63, 3.8) is 0 Å². The van der Waals surface area contributed by atoms with Crippen LogP contribution in [-0.2, 0) is 6.42 Å². The molecule has 0 aromatic heterocycles. The van der Waals surface area contributed by atoms with Crippen molar-refractivity contribution in [1.82, 2.24) is 0 Å². The Bertz CT molecular complexity index is 602. The van der Waals surface area contributed by atoms with E-state index in [1.807, 2.05) is 38.1 Å². The SMILES string of the molecule is CC(C)Cc1cc2ccccc2cc1[C@H](N)C(F)(F)F. The van der Waals surface area contributed by atoms with Crippen molar-refractivity contribution < 1.29 is 13.2 Å². The van der Waals surface area contributed by atoms with Crippen LogP contribution in [-0.4, -0.2) is 6.18 Å². The number of benzene rings is 2. The third kappa shape index (κ3) is 3.12. The lowest BCUT2D eigenvalue weighted by Crippen LogP contribution is -2.29. The van der Waals surface area contributed by atoms with Crippen molar-refractivity contribution in [2.75, 3.05) is 0 Å². The molecule has 0 aliphatic carbocycles. The first kappa shape index (κ1) is 14.9. The maximum absolute atomic E-state index is 12.9. The van der Waals surface area contributed by atoms with Crippen LogP contribution < -0.4 is 5.73 Å². The summed E-state index contributed by atoms with van der Waals surface area (Å²) in [6.45, 7) is 3.97. The number of alkyl halides is 3. The fourth-order valence-electron chi connectivity index (χ4n) is 2.39. The Morgan fingerprint density at radius 2 is 1.60 bits per heavy atom. The van der Waals surface area contributed by atoms with Crippen LogP contribution in [0, 0.1) is 5.92 Å². The van der Waals surface area contributed by atoms with Crippen molar-refractivity contribution in [1.29, 1.82) is 0 Å². The number of nitrogens with two attached hydrogens (primary N) is 1. The van der Waals surface area contributed by atoms with Gasteiger partial charge in [-0.3, -0.25) is 0 Å². The van der Waals surface area contributed by atoms with Crippen LogP contribution >= 0.6 is 0 Å². The minimum atomic E-state index is -4.42. The molecule has 0 bridgehead atoms. The minimum Gasteiger partial charge on any atom is -0.316 e. The molecule has 0 aliphatic rings. The summed E-state index contributed by atoms with van der Waals surface area (Å²) < 4.78 is 38.8. The second-order valence-electron chi connectivity index (χ2n) is 5.52. The lowest BCUT2D eigenvalue weighted by molar-refractivity contribution is -0.149. The summed E-state index contributed by atoms with van der Waals surface area (Å²) >= 11 is 0. The number of halogens is 3. The van der Waals surface area contributed by atoms with Crippen molar-refractivity contribution in [3.8, 4) is 0 Å². The van der Waals surface area contributed by atoms with Crippen LogP contribution in [0.1, 0.15) is 31.0 Å². The van der Waals surface area contributed by atoms with Crippen LogP contribution in [0.2, 0.25) is 0 Å². The first-order valence-electron chi connectivity index (χ1n) is 6.63. The fourth-order valence-corrected chi connectivity index (χ4v) is 2.39. The standard InChI is InChI=1S/C16H18F3N/c1-10(2)7-13-8-11-5-3-4-6-12(11)9-14(13)15(20)16(17,18)19/h3-6,8-10,15H,7,20H2,1-2H3/t15-/m0/s1. The molecular formula is C16H18F3N. The molecule has 0 amide bonds. The Morgan fingerprint density at radius 3 is 2.10 bits per heavy atom. The predicted molar refractivity (Wildman–Crippen MR) is 75.5 cm³/mol. The van der Waals surface area contributed by atoms with E-state index < -0.39 is 12.2 Å². The van der Waals surface area contributed by atoms with Gasteiger partial charge in [-0.15, -0.1) is 0 Å². The van der Waals surface area contributed by atoms with E-state index in [1.165, 1.54) is 0 Å². The van der Waals surface area contributed by atoms with Crippen LogP contribution in [0.3, 0.4) is 0 Å². The van der Waals surface area contributed by atoms with E-state index in [9.17, 15) is 13.2 Å². The molecule has 0 spiro atoms. The van der Waals surface area contributed by atoms with Crippen molar-refractivity contribution in [3.05, 3.63) is 47.5 Å². The molecule has 0 saturated carbocycles. The third-order valence-corrected chi connectivity index (χ3v) is 3.32. The van der Waals surface area contributed by atoms with Gasteiger partial charge in [0.1, 0.15) is 6.04 Å². The summed E-state index contributed by atoms with van der Waals surface area (Å²) in [5.41, 5.74) is 6.28. The highest BCUT2D eigenvalue weighted by molar-refractivity contribution is 5.84. The van der Waals surface area contributed by atoms with Crippen LogP contribution in [0.15, 0.2) is 36.4 Å². The molecule has 4 heteroatoms. The van der Waals surface area contributed by atoms with E-state index in [0.717, 1.165) is 10.8 Å². The predicted octanol–water partition coefficient (Wildman–Crippen LogP) is 4.60. The number of fused-ring (bicyclic) bond motifs is 1. The summed E-state index contributed by atoms with van der Waals surface area (Å²) in [5.74, 6) is 0.273. The highest BCUT2D eigenvalue weighted by Gasteiger charge is 2.39. The van der Waals surface area contributed by atoms with Crippen molar-refractivity contribution in [2.45, 2.75) is 32.5 Å². The van der Waals surface area contributed by atoms with E-state index in [4.69, 9.17) is 5.73 Å². The first-order valence-corrected chi connectivity index (χ1v) is 6.63. The van der Waals surface area contributed by atoms with Gasteiger partial charge in [0.05, 0.1) is 0 Å². The van der Waals surface area contributed by atoms with Gasteiger partial charge in [-0.2, -0.15) is 13.2 Å². The van der Waals surface area contributed by atoms with E-state index in [0.29, 0.717) is 12.0 Å². The number of hydrogen-bond acceptors (Lipinski definition) is 1. The molecule has 0 aliphatic heterocycles. The van der Waals surface area contributed by atoms with E-state index in [-0.39, 0.29) is 11.5 Å². The lowest BCUT2D eigenvalue weighted by Gasteiger charge is -2.21. The summed E-state index contributed by atoms with van der Waals surface area (Å²) in [7, 11) is 0. The molecule has 2 rings (SSSR count). The molecule has 0 unspecified atom stereocenters. The Morgan fingerprint density at radius 1 is 1.05 bits per heavy atom. The van der Waals surface area contributed by atoms with Crippen LogP contribution in [0.5, 0.6) is 0 Å². The largest absolute Gasteiger partial charge is 0.407 e. The van der Waals surface area contributed by atoms with Gasteiger partial charge in [0, 0.05) is 0 Å². The summed E-state index contributed by atoms with van der Waals surface area (Å²) in [4.78, 5) is 0. The zero-order valence-corrected chi connectivity index (χ0v) is 11.5. The molecule has 0 radical (unpaired) electrons. The first-order chi connectivity index (χ1) is 9.29. The highest BCUT2D eigenvalue weighted by Crippen LogP contribution is 2.35. The topological polar surface area (TPSA) is 26.0 Å². The Kier molecular flexibility index (Phi) is 4.04. The monoisotopic (exact) mass is 281 g/mol. The molecule has 20 heavy (non-hydrogen) atoms. The lowest BCUT2D eigenvalue weighted by atomic mass is 9.91. The van der Waals surface area contributed by atoms with Gasteiger partial charge in [-0.05, 0) is 40.3 Å². The van der Waals surface area contributed by atoms with Gasteiger partial charge in [-0.25, -0.2) is 0 Å². The molecule has 1 atom stereocenters. The second-order valence-corrected chi connectivity index (χ2v) is 5.52. The van der Waals surface area contributed by atoms with Gasteiger partial charge < -0.3 is 5.73 Å². The van der Waals surface area contributed by atoms with Gasteiger partial charge in [0.2, 0.25) is 0 Å². The quantitative estimate of drug-likeness (QED) is 0.874. The molecule has 2 aromatic rings. The van der Waals surface area contributed by atoms with Gasteiger partial charge in [-0.1, -0.05) is 44.2 Å². The smallest absolute Gasteiger partial charge is 0.316 e. The van der Waals surface area contributed by atoms with E-state index in [1.54, 1.807) is 12.1 Å². The van der Waals surface area contributed by atoms with Gasteiger partial charge in [0.25, 0.3) is 0 Å². The third-order valence-electron chi connectivity index (χ3n) is 3.32. The maximum Gasteiger partial charge on any atom is 0.407 e. The molecule has 2 aromatic carbocycles. The molecule has 0 saturated heterocycles. The molecular weight excluding hydrogens is 263 g/mol. The van der Waals surface area contributed by atoms with Gasteiger partial charge >= 0.3 is 6.18 Å². The summed E-state index contributed by atoms with van der Waals surface area (Å²) in [6, 6.07) is 8.88. The maximum atomic E-state index is 12.9. The molecule has 2 N–H and O–H groups in total. The summed E-state index contributed by atoms with van der Waals surface area (Å²) in [6.07, 6.45) is -3.84. The molecule has 108 valence electrons. The molecule has 0 heterocycles. The van der Waals surface area contributed by atoms with E-state index in [2.05, 4.69) is 0 Å². The minimum absolute atomic E-state index is 0.185. The van der Waals surface area contributed by atoms with E-state index >= 15 is 0 Å². The van der Waals surface area contributed by atoms with Crippen LogP contribution in [0.25, 0.3) is 10.8 Å². The second kappa shape index (κ2) is 5.44. The zero-order chi connectivity index (χ0) is 14.9. The Hall–Kier alpha value is -1.55. The number of hydrogen-bond donors (Lipinski definition) is 1. The molecule has 1 nitrogen and oxygen atoms in total. The normalized spacial score (nSPS) is 13.9. The average molecular weight is 281 g/mol. The highest BCUT2D eigenvalue weighted by atomic mass is 19.4.